The van der Waals surface area contributed by atoms with E-state index in [1.54, 1.807) is 0 Å². The zero-order valence-corrected chi connectivity index (χ0v) is 10.8. The smallest absolute Gasteiger partial charge is 0.129 e. The number of hydrogen-bond donors (Lipinski definition) is 1. The number of hydrogen-bond acceptors (Lipinski definition) is 4. The van der Waals surface area contributed by atoms with Crippen LogP contribution in [0.5, 0.6) is 0 Å². The topological polar surface area (TPSA) is 66.5 Å². The van der Waals surface area contributed by atoms with Gasteiger partial charge in [-0.3, -0.25) is 4.68 Å². The van der Waals surface area contributed by atoms with Gasteiger partial charge in [-0.25, -0.2) is 4.98 Å². The standard InChI is InChI=1S/C14H15N5/c1-10(2-5-15)19-9-11(8-18-19)12-3-6-16-14-13(12)4-7-17-14/h3,6,8-10H,2,4,7H2,1H3,(H,16,17)/t10-/m0/s1. The fourth-order valence-corrected chi connectivity index (χ4v) is 2.42. The molecule has 3 rings (SSSR count). The van der Waals surface area contributed by atoms with Crippen LogP contribution in [0.15, 0.2) is 24.7 Å². The van der Waals surface area contributed by atoms with Crippen LogP contribution < -0.4 is 5.32 Å². The highest BCUT2D eigenvalue weighted by atomic mass is 15.3. The Morgan fingerprint density at radius 2 is 2.47 bits per heavy atom. The second kappa shape index (κ2) is 4.73. The molecule has 0 unspecified atom stereocenters. The van der Waals surface area contributed by atoms with Crippen LogP contribution >= 0.6 is 0 Å². The van der Waals surface area contributed by atoms with Crippen LogP contribution in [0, 0.1) is 11.3 Å². The van der Waals surface area contributed by atoms with E-state index in [-0.39, 0.29) is 6.04 Å². The highest BCUT2D eigenvalue weighted by Gasteiger charge is 2.17. The molecule has 1 aliphatic heterocycles. The first-order valence-corrected chi connectivity index (χ1v) is 6.43. The van der Waals surface area contributed by atoms with Crippen molar-refractivity contribution >= 4 is 5.82 Å². The van der Waals surface area contributed by atoms with Gasteiger partial charge in [-0.15, -0.1) is 0 Å². The van der Waals surface area contributed by atoms with Gasteiger partial charge in [-0.2, -0.15) is 10.4 Å². The SMILES string of the molecule is C[C@@H](CC#N)n1cc(-c2ccnc3c2CCN3)cn1. The van der Waals surface area contributed by atoms with E-state index in [0.717, 1.165) is 24.3 Å². The molecule has 0 fully saturated rings. The van der Waals surface area contributed by atoms with Crippen molar-refractivity contribution in [3.63, 3.8) is 0 Å². The number of nitrogens with one attached hydrogen (secondary N) is 1. The molecule has 3 heterocycles. The largest absolute Gasteiger partial charge is 0.369 e. The molecule has 0 saturated carbocycles. The van der Waals surface area contributed by atoms with E-state index >= 15 is 0 Å². The molecule has 19 heavy (non-hydrogen) atoms. The zero-order valence-electron chi connectivity index (χ0n) is 10.8. The van der Waals surface area contributed by atoms with Gasteiger partial charge in [0.25, 0.3) is 0 Å². The van der Waals surface area contributed by atoms with Gasteiger partial charge >= 0.3 is 0 Å². The minimum atomic E-state index is 0.103. The van der Waals surface area contributed by atoms with Crippen molar-refractivity contribution in [1.29, 1.82) is 5.26 Å². The molecule has 1 N–H and O–H groups in total. The molecule has 0 aromatic carbocycles. The van der Waals surface area contributed by atoms with Crippen molar-refractivity contribution < 1.29 is 0 Å². The Labute approximate surface area is 111 Å². The van der Waals surface area contributed by atoms with Crippen LogP contribution in [0.25, 0.3) is 11.1 Å². The summed E-state index contributed by atoms with van der Waals surface area (Å²) in [6.07, 6.45) is 7.16. The lowest BCUT2D eigenvalue weighted by Gasteiger charge is -2.07. The molecule has 1 atom stereocenters. The summed E-state index contributed by atoms with van der Waals surface area (Å²) in [4.78, 5) is 4.34. The molecule has 5 heteroatoms. The molecule has 1 aliphatic rings. The Morgan fingerprint density at radius 3 is 3.32 bits per heavy atom. The Kier molecular flexibility index (Phi) is 2.92. The Hall–Kier alpha value is -2.35. The molecule has 5 nitrogen and oxygen atoms in total. The van der Waals surface area contributed by atoms with E-state index in [1.807, 2.05) is 36.3 Å². The highest BCUT2D eigenvalue weighted by molar-refractivity contribution is 5.72. The lowest BCUT2D eigenvalue weighted by molar-refractivity contribution is 0.500. The minimum Gasteiger partial charge on any atom is -0.369 e. The van der Waals surface area contributed by atoms with Crippen LogP contribution in [0.2, 0.25) is 0 Å². The third kappa shape index (κ3) is 2.06. The molecule has 0 spiro atoms. The first-order chi connectivity index (χ1) is 9.29. The van der Waals surface area contributed by atoms with Gasteiger partial charge in [0, 0.05) is 30.1 Å². The van der Waals surface area contributed by atoms with Crippen LogP contribution in [0.3, 0.4) is 0 Å². The summed E-state index contributed by atoms with van der Waals surface area (Å²) in [6.45, 7) is 2.94. The third-order valence-electron chi connectivity index (χ3n) is 3.47. The van der Waals surface area contributed by atoms with Crippen LogP contribution in [-0.2, 0) is 6.42 Å². The number of rotatable bonds is 3. The predicted molar refractivity (Wildman–Crippen MR) is 72.6 cm³/mol. The Bertz CT molecular complexity index is 638. The van der Waals surface area contributed by atoms with E-state index in [2.05, 4.69) is 21.5 Å². The first kappa shape index (κ1) is 11.7. The van der Waals surface area contributed by atoms with Gasteiger partial charge in [0.1, 0.15) is 5.82 Å². The maximum absolute atomic E-state index is 8.74. The van der Waals surface area contributed by atoms with Crippen molar-refractivity contribution in [2.75, 3.05) is 11.9 Å². The quantitative estimate of drug-likeness (QED) is 0.912. The average molecular weight is 253 g/mol. The molecule has 2 aromatic rings. The van der Waals surface area contributed by atoms with Crippen LogP contribution in [0.4, 0.5) is 5.82 Å². The molecule has 0 bridgehead atoms. The Balaban J connectivity index is 1.96. The predicted octanol–water partition coefficient (Wildman–Crippen LogP) is 2.39. The average Bonchev–Trinajstić information content (AvgIpc) is 3.07. The molecule has 2 aromatic heterocycles. The van der Waals surface area contributed by atoms with Gasteiger partial charge in [0.15, 0.2) is 0 Å². The lowest BCUT2D eigenvalue weighted by Crippen LogP contribution is -2.04. The summed E-state index contributed by atoms with van der Waals surface area (Å²) < 4.78 is 1.85. The van der Waals surface area contributed by atoms with Gasteiger partial charge in [-0.1, -0.05) is 0 Å². The number of nitrogens with zero attached hydrogens (tertiary/aromatic N) is 4. The third-order valence-corrected chi connectivity index (χ3v) is 3.47. The summed E-state index contributed by atoms with van der Waals surface area (Å²) in [6, 6.07) is 4.31. The first-order valence-electron chi connectivity index (χ1n) is 6.43. The molecule has 96 valence electrons. The van der Waals surface area contributed by atoms with Crippen molar-refractivity contribution in [1.82, 2.24) is 14.8 Å². The minimum absolute atomic E-state index is 0.103. The number of aromatic nitrogens is 3. The van der Waals surface area contributed by atoms with E-state index in [4.69, 9.17) is 5.26 Å². The van der Waals surface area contributed by atoms with E-state index in [9.17, 15) is 0 Å². The summed E-state index contributed by atoms with van der Waals surface area (Å²) in [5.74, 6) is 0.982. The molecule has 0 aliphatic carbocycles. The maximum Gasteiger partial charge on any atom is 0.129 e. The summed E-state index contributed by atoms with van der Waals surface area (Å²) in [5, 5.41) is 16.4. The molecular formula is C14H15N5. The monoisotopic (exact) mass is 253 g/mol. The molecular weight excluding hydrogens is 238 g/mol. The second-order valence-electron chi connectivity index (χ2n) is 4.78. The van der Waals surface area contributed by atoms with Gasteiger partial charge in [0.2, 0.25) is 0 Å². The van der Waals surface area contributed by atoms with Crippen molar-refractivity contribution in [2.24, 2.45) is 0 Å². The van der Waals surface area contributed by atoms with E-state index in [0.29, 0.717) is 6.42 Å². The van der Waals surface area contributed by atoms with Crippen LogP contribution in [0.1, 0.15) is 24.9 Å². The van der Waals surface area contributed by atoms with Gasteiger partial charge in [-0.05, 0) is 25.0 Å². The normalized spacial score (nSPS) is 14.5. The summed E-state index contributed by atoms with van der Waals surface area (Å²) in [5.41, 5.74) is 3.53. The summed E-state index contributed by atoms with van der Waals surface area (Å²) in [7, 11) is 0. The Morgan fingerprint density at radius 1 is 1.58 bits per heavy atom. The van der Waals surface area contributed by atoms with Crippen molar-refractivity contribution in [3.05, 3.63) is 30.2 Å². The van der Waals surface area contributed by atoms with Gasteiger partial charge in [0.05, 0.1) is 24.7 Å². The van der Waals surface area contributed by atoms with Crippen molar-refractivity contribution in [2.45, 2.75) is 25.8 Å². The molecule has 0 saturated heterocycles. The fraction of sp³-hybridized carbons (Fsp3) is 0.357. The van der Waals surface area contributed by atoms with Gasteiger partial charge < -0.3 is 5.32 Å². The number of anilines is 1. The maximum atomic E-state index is 8.74. The number of pyridine rings is 1. The number of nitriles is 1. The van der Waals surface area contributed by atoms with Crippen molar-refractivity contribution in [3.8, 4) is 17.2 Å². The highest BCUT2D eigenvalue weighted by Crippen LogP contribution is 2.31. The van der Waals surface area contributed by atoms with E-state index < -0.39 is 0 Å². The number of fused-ring (bicyclic) bond motifs is 1. The van der Waals surface area contributed by atoms with Crippen LogP contribution in [-0.4, -0.2) is 21.3 Å². The fourth-order valence-electron chi connectivity index (χ4n) is 2.42. The van der Waals surface area contributed by atoms with E-state index in [1.165, 1.54) is 11.1 Å². The second-order valence-corrected chi connectivity index (χ2v) is 4.78. The zero-order chi connectivity index (χ0) is 13.2. The molecule has 0 radical (unpaired) electrons. The lowest BCUT2D eigenvalue weighted by atomic mass is 10.0. The molecule has 0 amide bonds. The summed E-state index contributed by atoms with van der Waals surface area (Å²) >= 11 is 0.